The Balaban J connectivity index is 2.07. The van der Waals surface area contributed by atoms with Gasteiger partial charge in [-0.1, -0.05) is 0 Å². The van der Waals surface area contributed by atoms with Gasteiger partial charge in [0.2, 0.25) is 5.22 Å². The second-order valence-electron chi connectivity index (χ2n) is 3.83. The van der Waals surface area contributed by atoms with Crippen molar-refractivity contribution < 1.29 is 9.21 Å². The second-order valence-corrected chi connectivity index (χ2v) is 5.03. The number of likely N-dealkylation sites (N-methyl/N-ethyl adjacent to an activating group) is 1. The van der Waals surface area contributed by atoms with Crippen molar-refractivity contribution in [1.82, 2.24) is 9.80 Å². The van der Waals surface area contributed by atoms with Gasteiger partial charge in [-0.25, -0.2) is 0 Å². The lowest BCUT2D eigenvalue weighted by atomic mass is 10.3. The van der Waals surface area contributed by atoms with Crippen LogP contribution in [-0.2, 0) is 0 Å². The maximum atomic E-state index is 12.0. The highest BCUT2D eigenvalue weighted by Crippen LogP contribution is 2.27. The highest BCUT2D eigenvalue weighted by Gasteiger charge is 2.23. The summed E-state index contributed by atoms with van der Waals surface area (Å²) in [6.45, 7) is 3.24. The summed E-state index contributed by atoms with van der Waals surface area (Å²) in [5.41, 5.74) is 0. The Hall–Kier alpha value is -0.520. The Labute approximate surface area is 107 Å². The molecule has 1 saturated heterocycles. The van der Waals surface area contributed by atoms with Crippen LogP contribution >= 0.6 is 27.5 Å². The van der Waals surface area contributed by atoms with Crippen LogP contribution in [-0.4, -0.2) is 48.9 Å². The zero-order chi connectivity index (χ0) is 11.7. The van der Waals surface area contributed by atoms with Gasteiger partial charge in [-0.3, -0.25) is 4.79 Å². The van der Waals surface area contributed by atoms with E-state index in [1.165, 1.54) is 0 Å². The molecule has 0 aliphatic carbocycles. The van der Waals surface area contributed by atoms with Crippen LogP contribution in [0, 0.1) is 0 Å². The first-order valence-electron chi connectivity index (χ1n) is 5.00. The van der Waals surface area contributed by atoms with E-state index in [9.17, 15) is 4.79 Å². The van der Waals surface area contributed by atoms with Crippen molar-refractivity contribution in [3.8, 4) is 0 Å². The molecule has 1 aliphatic heterocycles. The van der Waals surface area contributed by atoms with E-state index in [0.717, 1.165) is 26.2 Å². The molecule has 0 N–H and O–H groups in total. The molecule has 0 spiro atoms. The molecule has 1 aromatic rings. The third-order valence-electron chi connectivity index (χ3n) is 2.65. The van der Waals surface area contributed by atoms with Gasteiger partial charge in [0.15, 0.2) is 5.76 Å². The van der Waals surface area contributed by atoms with Crippen LogP contribution in [0.3, 0.4) is 0 Å². The summed E-state index contributed by atoms with van der Waals surface area (Å²) in [6, 6.07) is 1.61. The monoisotopic (exact) mass is 306 g/mol. The van der Waals surface area contributed by atoms with Crippen molar-refractivity contribution in [2.45, 2.75) is 0 Å². The number of carbonyl (C=O) groups excluding carboxylic acids is 1. The highest BCUT2D eigenvalue weighted by atomic mass is 79.9. The second kappa shape index (κ2) is 4.77. The maximum absolute atomic E-state index is 12.0. The fourth-order valence-electron chi connectivity index (χ4n) is 1.62. The van der Waals surface area contributed by atoms with E-state index < -0.39 is 0 Å². The average Bonchev–Trinajstić information content (AvgIpc) is 2.59. The fraction of sp³-hybridized carbons (Fsp3) is 0.500. The molecule has 0 radical (unpaired) electrons. The zero-order valence-corrected chi connectivity index (χ0v) is 11.2. The molecule has 1 aliphatic rings. The highest BCUT2D eigenvalue weighted by molar-refractivity contribution is 9.10. The summed E-state index contributed by atoms with van der Waals surface area (Å²) in [6.07, 6.45) is 0. The fourth-order valence-corrected chi connectivity index (χ4v) is 2.04. The molecule has 16 heavy (non-hydrogen) atoms. The molecule has 0 aromatic carbocycles. The average molecular weight is 308 g/mol. The Morgan fingerprint density at radius 3 is 2.56 bits per heavy atom. The lowest BCUT2D eigenvalue weighted by Gasteiger charge is -2.31. The van der Waals surface area contributed by atoms with Crippen LogP contribution < -0.4 is 0 Å². The summed E-state index contributed by atoms with van der Waals surface area (Å²) in [5, 5.41) is 0.220. The Bertz CT molecular complexity index is 380. The van der Waals surface area contributed by atoms with Crippen LogP contribution in [0.2, 0.25) is 5.22 Å². The molecule has 1 fully saturated rings. The summed E-state index contributed by atoms with van der Waals surface area (Å²) in [4.78, 5) is 16.0. The predicted molar refractivity (Wildman–Crippen MR) is 64.8 cm³/mol. The molecule has 88 valence electrons. The molecule has 0 bridgehead atoms. The van der Waals surface area contributed by atoms with E-state index in [4.69, 9.17) is 16.0 Å². The third-order valence-corrected chi connectivity index (χ3v) is 3.74. The van der Waals surface area contributed by atoms with Gasteiger partial charge >= 0.3 is 0 Å². The van der Waals surface area contributed by atoms with Crippen molar-refractivity contribution in [3.05, 3.63) is 21.5 Å². The minimum Gasteiger partial charge on any atom is -0.438 e. The number of piperazine rings is 1. The van der Waals surface area contributed by atoms with Crippen LogP contribution in [0.25, 0.3) is 0 Å². The van der Waals surface area contributed by atoms with E-state index >= 15 is 0 Å². The zero-order valence-electron chi connectivity index (χ0n) is 8.87. The lowest BCUT2D eigenvalue weighted by molar-refractivity contribution is 0.0632. The van der Waals surface area contributed by atoms with Crippen LogP contribution in [0.15, 0.2) is 15.0 Å². The Morgan fingerprint density at radius 1 is 1.44 bits per heavy atom. The summed E-state index contributed by atoms with van der Waals surface area (Å²) < 4.78 is 5.79. The summed E-state index contributed by atoms with van der Waals surface area (Å²) >= 11 is 8.96. The van der Waals surface area contributed by atoms with Gasteiger partial charge in [0.25, 0.3) is 5.91 Å². The molecule has 6 heteroatoms. The molecule has 0 atom stereocenters. The van der Waals surface area contributed by atoms with E-state index in [2.05, 4.69) is 20.8 Å². The molecule has 1 aromatic heterocycles. The SMILES string of the molecule is CN1CCN(C(=O)c2cc(Br)c(Cl)o2)CC1. The van der Waals surface area contributed by atoms with Crippen LogP contribution in [0.1, 0.15) is 10.6 Å². The van der Waals surface area contributed by atoms with Gasteiger partial charge < -0.3 is 14.2 Å². The number of hydrogen-bond donors (Lipinski definition) is 0. The van der Waals surface area contributed by atoms with E-state index in [0.29, 0.717) is 10.2 Å². The molecular formula is C10H12BrClN2O2. The third kappa shape index (κ3) is 2.42. The number of furan rings is 1. The van der Waals surface area contributed by atoms with E-state index in [1.54, 1.807) is 11.0 Å². The van der Waals surface area contributed by atoms with Crippen molar-refractivity contribution in [3.63, 3.8) is 0 Å². The van der Waals surface area contributed by atoms with Crippen LogP contribution in [0.5, 0.6) is 0 Å². The molecule has 1 amide bonds. The normalized spacial score (nSPS) is 17.8. The maximum Gasteiger partial charge on any atom is 0.289 e. The van der Waals surface area contributed by atoms with Gasteiger partial charge in [-0.15, -0.1) is 0 Å². The van der Waals surface area contributed by atoms with E-state index in [-0.39, 0.29) is 11.1 Å². The molecule has 2 rings (SSSR count). The minimum absolute atomic E-state index is 0.0966. The molecule has 4 nitrogen and oxygen atoms in total. The van der Waals surface area contributed by atoms with Crippen LogP contribution in [0.4, 0.5) is 0 Å². The number of amides is 1. The topological polar surface area (TPSA) is 36.7 Å². The minimum atomic E-state index is -0.0966. The number of halogens is 2. The standard InChI is InChI=1S/C10H12BrClN2O2/c1-13-2-4-14(5-3-13)10(15)8-6-7(11)9(12)16-8/h6H,2-5H2,1H3. The largest absolute Gasteiger partial charge is 0.438 e. The van der Waals surface area contributed by atoms with E-state index in [1.807, 2.05) is 7.05 Å². The molecular weight excluding hydrogens is 295 g/mol. The summed E-state index contributed by atoms with van der Waals surface area (Å²) in [5.74, 6) is 0.196. The van der Waals surface area contributed by atoms with Gasteiger partial charge in [0, 0.05) is 32.2 Å². The summed E-state index contributed by atoms with van der Waals surface area (Å²) in [7, 11) is 2.04. The van der Waals surface area contributed by atoms with Crippen molar-refractivity contribution >= 4 is 33.4 Å². The predicted octanol–water partition coefficient (Wildman–Crippen LogP) is 2.08. The smallest absolute Gasteiger partial charge is 0.289 e. The lowest BCUT2D eigenvalue weighted by Crippen LogP contribution is -2.47. The Morgan fingerprint density at radius 2 is 2.06 bits per heavy atom. The molecule has 0 unspecified atom stereocenters. The number of rotatable bonds is 1. The molecule has 2 heterocycles. The number of nitrogens with zero attached hydrogens (tertiary/aromatic N) is 2. The first-order valence-corrected chi connectivity index (χ1v) is 6.17. The van der Waals surface area contributed by atoms with Gasteiger partial charge in [-0.2, -0.15) is 0 Å². The van der Waals surface area contributed by atoms with Crippen molar-refractivity contribution in [2.75, 3.05) is 33.2 Å². The Kier molecular flexibility index (Phi) is 3.56. The van der Waals surface area contributed by atoms with Crippen molar-refractivity contribution in [2.24, 2.45) is 0 Å². The van der Waals surface area contributed by atoms with Crippen molar-refractivity contribution in [1.29, 1.82) is 0 Å². The first-order chi connectivity index (χ1) is 7.58. The quantitative estimate of drug-likeness (QED) is 0.797. The molecule has 0 saturated carbocycles. The first kappa shape index (κ1) is 12.0. The van der Waals surface area contributed by atoms with Gasteiger partial charge in [-0.05, 0) is 34.6 Å². The van der Waals surface area contributed by atoms with Gasteiger partial charge in [0.1, 0.15) is 0 Å². The number of carbonyl (C=O) groups is 1. The van der Waals surface area contributed by atoms with Gasteiger partial charge in [0.05, 0.1) is 4.47 Å². The number of hydrogen-bond acceptors (Lipinski definition) is 3.